The van der Waals surface area contributed by atoms with Crippen LogP contribution in [0.4, 0.5) is 0 Å². The second kappa shape index (κ2) is 9.88. The number of esters is 1. The second-order valence-electron chi connectivity index (χ2n) is 9.01. The molecule has 4 rings (SSSR count). The molecule has 2 aromatic carbocycles. The highest BCUT2D eigenvalue weighted by Crippen LogP contribution is 2.33. The first-order valence-electron chi connectivity index (χ1n) is 11.0. The van der Waals surface area contributed by atoms with Gasteiger partial charge in [0.05, 0.1) is 11.6 Å². The summed E-state index contributed by atoms with van der Waals surface area (Å²) in [6.45, 7) is 7.64. The zero-order valence-electron chi connectivity index (χ0n) is 19.6. The molecular weight excluding hydrogens is 462 g/mol. The number of nitriles is 1. The Labute approximate surface area is 207 Å². The molecule has 0 radical (unpaired) electrons. The molecule has 0 fully saturated rings. The van der Waals surface area contributed by atoms with E-state index in [0.29, 0.717) is 24.2 Å². The first-order chi connectivity index (χ1) is 16.2. The van der Waals surface area contributed by atoms with Crippen molar-refractivity contribution < 1.29 is 9.53 Å². The average Bonchev–Trinajstić information content (AvgIpc) is 3.49. The molecule has 0 N–H and O–H groups in total. The maximum absolute atomic E-state index is 12.0. The van der Waals surface area contributed by atoms with Gasteiger partial charge in [0.2, 0.25) is 0 Å². The van der Waals surface area contributed by atoms with Crippen molar-refractivity contribution in [2.45, 2.75) is 46.1 Å². The Morgan fingerprint density at radius 2 is 1.91 bits per heavy atom. The predicted molar refractivity (Wildman–Crippen MR) is 138 cm³/mol. The van der Waals surface area contributed by atoms with Gasteiger partial charge in [0.15, 0.2) is 5.82 Å². The molecule has 0 saturated carbocycles. The van der Waals surface area contributed by atoms with Crippen molar-refractivity contribution in [2.75, 3.05) is 0 Å². The summed E-state index contributed by atoms with van der Waals surface area (Å²) in [5.41, 5.74) is 5.06. The number of thiophene rings is 1. The van der Waals surface area contributed by atoms with E-state index in [2.05, 4.69) is 16.5 Å². The van der Waals surface area contributed by atoms with Gasteiger partial charge in [-0.2, -0.15) is 9.64 Å². The summed E-state index contributed by atoms with van der Waals surface area (Å²) in [6.07, 6.45) is 0.969. The van der Waals surface area contributed by atoms with Crippen molar-refractivity contribution in [2.24, 2.45) is 0 Å². The number of aromatic nitrogens is 2. The van der Waals surface area contributed by atoms with Gasteiger partial charge < -0.3 is 4.74 Å². The van der Waals surface area contributed by atoms with Crippen LogP contribution in [0.5, 0.6) is 0 Å². The fourth-order valence-electron chi connectivity index (χ4n) is 3.64. The maximum atomic E-state index is 12.0. The number of hydrogen-bond acceptors (Lipinski definition) is 7. The lowest BCUT2D eigenvalue weighted by atomic mass is 10.0. The third-order valence-corrected chi connectivity index (χ3v) is 6.84. The van der Waals surface area contributed by atoms with Gasteiger partial charge in [-0.05, 0) is 74.3 Å². The van der Waals surface area contributed by atoms with Gasteiger partial charge >= 0.3 is 5.97 Å². The molecule has 2 heterocycles. The number of aryl methyl sites for hydroxylation is 2. The highest BCUT2D eigenvalue weighted by molar-refractivity contribution is 7.13. The first-order valence-corrected chi connectivity index (χ1v) is 12.6. The molecule has 0 amide bonds. The molecule has 34 heavy (non-hydrogen) atoms. The van der Waals surface area contributed by atoms with E-state index in [0.717, 1.165) is 37.7 Å². The smallest absolute Gasteiger partial charge is 0.306 e. The lowest BCUT2D eigenvalue weighted by molar-refractivity contribution is -0.154. The van der Waals surface area contributed by atoms with E-state index in [-0.39, 0.29) is 5.97 Å². The average molecular weight is 488 g/mol. The minimum absolute atomic E-state index is 0.193. The molecule has 5 nitrogen and oxygen atoms in total. The van der Waals surface area contributed by atoms with E-state index in [4.69, 9.17) is 9.72 Å². The molecular formula is C27H25N3O2S2. The third kappa shape index (κ3) is 5.58. The molecule has 0 spiro atoms. The molecule has 0 aliphatic carbocycles. The van der Waals surface area contributed by atoms with Crippen molar-refractivity contribution >= 4 is 28.8 Å². The van der Waals surface area contributed by atoms with Crippen LogP contribution in [-0.4, -0.2) is 20.9 Å². The van der Waals surface area contributed by atoms with Gasteiger partial charge in [-0.25, -0.2) is 4.98 Å². The van der Waals surface area contributed by atoms with Gasteiger partial charge in [0.1, 0.15) is 10.6 Å². The standard InChI is InChI=1S/C27H25N3O2S2/c1-17-14-18(8-12-24(31)32-27(2,3)4)7-10-21(17)25-29-26(34-30-25)19-9-11-22(20(15-19)16-28)23-6-5-13-33-23/h5-7,9-11,13-15H,8,12H2,1-4H3. The summed E-state index contributed by atoms with van der Waals surface area (Å²) in [5, 5.41) is 12.4. The van der Waals surface area contributed by atoms with Crippen LogP contribution < -0.4 is 0 Å². The molecule has 0 aliphatic rings. The number of ether oxygens (including phenoxy) is 1. The summed E-state index contributed by atoms with van der Waals surface area (Å²) >= 11 is 2.94. The summed E-state index contributed by atoms with van der Waals surface area (Å²) in [4.78, 5) is 17.8. The fourth-order valence-corrected chi connectivity index (χ4v) is 5.08. The van der Waals surface area contributed by atoms with Crippen LogP contribution in [0.15, 0.2) is 53.9 Å². The molecule has 0 aliphatic heterocycles. The van der Waals surface area contributed by atoms with Crippen molar-refractivity contribution in [3.05, 3.63) is 70.6 Å². The van der Waals surface area contributed by atoms with Crippen LogP contribution in [0, 0.1) is 18.3 Å². The van der Waals surface area contributed by atoms with E-state index in [1.807, 2.05) is 75.5 Å². The summed E-state index contributed by atoms with van der Waals surface area (Å²) < 4.78 is 9.97. The SMILES string of the molecule is Cc1cc(CCC(=O)OC(C)(C)C)ccc1-c1nsc(-c2ccc(-c3cccs3)c(C#N)c2)n1. The lowest BCUT2D eigenvalue weighted by Crippen LogP contribution is -2.24. The van der Waals surface area contributed by atoms with Gasteiger partial charge in [-0.3, -0.25) is 4.79 Å². The lowest BCUT2D eigenvalue weighted by Gasteiger charge is -2.19. The summed E-state index contributed by atoms with van der Waals surface area (Å²) in [5.74, 6) is 0.471. The summed E-state index contributed by atoms with van der Waals surface area (Å²) in [6, 6.07) is 18.3. The number of carbonyl (C=O) groups excluding carboxylic acids is 1. The molecule has 2 aromatic heterocycles. The zero-order valence-corrected chi connectivity index (χ0v) is 21.2. The molecule has 0 atom stereocenters. The van der Waals surface area contributed by atoms with Crippen LogP contribution in [0.3, 0.4) is 0 Å². The Hall–Kier alpha value is -3.34. The second-order valence-corrected chi connectivity index (χ2v) is 10.7. The molecule has 0 unspecified atom stereocenters. The topological polar surface area (TPSA) is 75.9 Å². The van der Waals surface area contributed by atoms with Gasteiger partial charge in [0.25, 0.3) is 0 Å². The Bertz CT molecular complexity index is 1360. The fraction of sp³-hybridized carbons (Fsp3) is 0.259. The van der Waals surface area contributed by atoms with Gasteiger partial charge in [-0.15, -0.1) is 11.3 Å². The van der Waals surface area contributed by atoms with E-state index < -0.39 is 5.60 Å². The Balaban J connectivity index is 1.51. The Morgan fingerprint density at radius 1 is 1.12 bits per heavy atom. The van der Waals surface area contributed by atoms with Crippen LogP contribution in [-0.2, 0) is 16.0 Å². The van der Waals surface area contributed by atoms with Crippen LogP contribution in [0.1, 0.15) is 43.9 Å². The Kier molecular flexibility index (Phi) is 6.92. The highest BCUT2D eigenvalue weighted by atomic mass is 32.1. The largest absolute Gasteiger partial charge is 0.460 e. The van der Waals surface area contributed by atoms with Crippen LogP contribution in [0.2, 0.25) is 0 Å². The Morgan fingerprint density at radius 3 is 2.59 bits per heavy atom. The molecule has 4 aromatic rings. The van der Waals surface area contributed by atoms with Crippen molar-refractivity contribution in [1.82, 2.24) is 9.36 Å². The van der Waals surface area contributed by atoms with E-state index in [1.54, 1.807) is 11.3 Å². The van der Waals surface area contributed by atoms with Gasteiger partial charge in [-0.1, -0.05) is 36.4 Å². The molecule has 0 saturated heterocycles. The number of hydrogen-bond donors (Lipinski definition) is 0. The zero-order chi connectivity index (χ0) is 24.3. The summed E-state index contributed by atoms with van der Waals surface area (Å²) in [7, 11) is 0. The van der Waals surface area contributed by atoms with E-state index in [1.165, 1.54) is 11.5 Å². The number of rotatable bonds is 6. The van der Waals surface area contributed by atoms with Crippen LogP contribution in [0.25, 0.3) is 32.4 Å². The third-order valence-electron chi connectivity index (χ3n) is 5.17. The number of carbonyl (C=O) groups is 1. The highest BCUT2D eigenvalue weighted by Gasteiger charge is 2.17. The number of nitrogens with zero attached hydrogens (tertiary/aromatic N) is 3. The first kappa shape index (κ1) is 23.8. The normalized spacial score (nSPS) is 11.3. The quantitative estimate of drug-likeness (QED) is 0.272. The van der Waals surface area contributed by atoms with E-state index in [9.17, 15) is 10.1 Å². The van der Waals surface area contributed by atoms with Crippen molar-refractivity contribution in [1.29, 1.82) is 5.26 Å². The van der Waals surface area contributed by atoms with Gasteiger partial charge in [0, 0.05) is 28.0 Å². The molecule has 7 heteroatoms. The molecule has 172 valence electrons. The van der Waals surface area contributed by atoms with Crippen LogP contribution >= 0.6 is 22.9 Å². The monoisotopic (exact) mass is 487 g/mol. The maximum Gasteiger partial charge on any atom is 0.306 e. The minimum Gasteiger partial charge on any atom is -0.460 e. The van der Waals surface area contributed by atoms with Crippen molar-refractivity contribution in [3.63, 3.8) is 0 Å². The minimum atomic E-state index is -0.469. The van der Waals surface area contributed by atoms with Crippen molar-refractivity contribution in [3.8, 4) is 38.5 Å². The number of benzene rings is 2. The molecule has 0 bridgehead atoms. The van der Waals surface area contributed by atoms with E-state index >= 15 is 0 Å². The predicted octanol–water partition coefficient (Wildman–Crippen LogP) is 7.06.